The number of amides is 1. The molecular formula is C12H16ClN5O. The van der Waals surface area contributed by atoms with Gasteiger partial charge in [-0.2, -0.15) is 5.10 Å². The number of nitrogens with one attached hydrogen (secondary N) is 1. The zero-order chi connectivity index (χ0) is 13.0. The van der Waals surface area contributed by atoms with Crippen molar-refractivity contribution in [2.45, 2.75) is 19.5 Å². The van der Waals surface area contributed by atoms with E-state index in [9.17, 15) is 4.79 Å². The molecule has 0 spiro atoms. The smallest absolute Gasteiger partial charge is 0.241 e. The van der Waals surface area contributed by atoms with Crippen molar-refractivity contribution in [2.24, 2.45) is 5.73 Å². The molecule has 6 nitrogen and oxygen atoms in total. The lowest BCUT2D eigenvalue weighted by Gasteiger charge is -2.04. The molecule has 19 heavy (non-hydrogen) atoms. The van der Waals surface area contributed by atoms with Gasteiger partial charge in [-0.1, -0.05) is 0 Å². The molecule has 0 radical (unpaired) electrons. The fourth-order valence-electron chi connectivity index (χ4n) is 1.45. The Labute approximate surface area is 117 Å². The van der Waals surface area contributed by atoms with Crippen molar-refractivity contribution >= 4 is 24.0 Å². The Hall–Kier alpha value is -1.92. The van der Waals surface area contributed by atoms with Crippen LogP contribution in [0.5, 0.6) is 0 Å². The van der Waals surface area contributed by atoms with E-state index in [1.54, 1.807) is 36.4 Å². The molecule has 0 aliphatic carbocycles. The van der Waals surface area contributed by atoms with Gasteiger partial charge in [0.1, 0.15) is 0 Å². The van der Waals surface area contributed by atoms with Crippen molar-refractivity contribution < 1.29 is 4.79 Å². The Balaban J connectivity index is 0.00000180. The Morgan fingerprint density at radius 1 is 1.47 bits per heavy atom. The predicted octanol–water partition coefficient (Wildman–Crippen LogP) is 1.03. The van der Waals surface area contributed by atoms with Crippen LogP contribution in [0.15, 0.2) is 36.9 Å². The van der Waals surface area contributed by atoms with E-state index in [2.05, 4.69) is 15.4 Å². The van der Waals surface area contributed by atoms with Gasteiger partial charge in [0.05, 0.1) is 24.5 Å². The van der Waals surface area contributed by atoms with E-state index < -0.39 is 6.04 Å². The lowest BCUT2D eigenvalue weighted by molar-refractivity contribution is -0.117. The molecule has 0 saturated carbocycles. The summed E-state index contributed by atoms with van der Waals surface area (Å²) in [6, 6.07) is 3.30. The largest absolute Gasteiger partial charge is 0.322 e. The van der Waals surface area contributed by atoms with Crippen LogP contribution in [-0.2, 0) is 11.3 Å². The minimum Gasteiger partial charge on any atom is -0.322 e. The second kappa shape index (κ2) is 6.86. The van der Waals surface area contributed by atoms with Gasteiger partial charge >= 0.3 is 0 Å². The lowest BCUT2D eigenvalue weighted by Crippen LogP contribution is -2.32. The number of hydrogen-bond donors (Lipinski definition) is 2. The number of carbonyl (C=O) groups excluding carboxylic acids is 1. The van der Waals surface area contributed by atoms with Crippen LogP contribution in [0.2, 0.25) is 0 Å². The highest BCUT2D eigenvalue weighted by molar-refractivity contribution is 5.94. The molecule has 1 atom stereocenters. The average molecular weight is 282 g/mol. The lowest BCUT2D eigenvalue weighted by atomic mass is 10.3. The number of hydrogen-bond acceptors (Lipinski definition) is 4. The van der Waals surface area contributed by atoms with E-state index >= 15 is 0 Å². The number of halogens is 1. The quantitative estimate of drug-likeness (QED) is 0.876. The molecule has 0 bridgehead atoms. The Bertz CT molecular complexity index is 526. The third kappa shape index (κ3) is 4.35. The van der Waals surface area contributed by atoms with Gasteiger partial charge in [-0.3, -0.25) is 14.5 Å². The number of pyridine rings is 1. The number of anilines is 1. The molecule has 3 N–H and O–H groups in total. The van der Waals surface area contributed by atoms with Crippen molar-refractivity contribution in [1.82, 2.24) is 14.8 Å². The van der Waals surface area contributed by atoms with E-state index in [-0.39, 0.29) is 18.3 Å². The molecule has 1 unspecified atom stereocenters. The molecular weight excluding hydrogens is 266 g/mol. The van der Waals surface area contributed by atoms with E-state index in [0.717, 1.165) is 5.56 Å². The molecule has 102 valence electrons. The van der Waals surface area contributed by atoms with Gasteiger partial charge in [0, 0.05) is 18.6 Å². The van der Waals surface area contributed by atoms with Crippen LogP contribution in [0.3, 0.4) is 0 Å². The SMILES string of the molecule is CC(N)C(=O)Nc1cnn(Cc2ccncc2)c1.Cl. The highest BCUT2D eigenvalue weighted by atomic mass is 35.5. The summed E-state index contributed by atoms with van der Waals surface area (Å²) in [6.07, 6.45) is 6.83. The second-order valence-electron chi connectivity index (χ2n) is 4.06. The number of rotatable bonds is 4. The van der Waals surface area contributed by atoms with Crippen LogP contribution >= 0.6 is 12.4 Å². The summed E-state index contributed by atoms with van der Waals surface area (Å²) in [5.41, 5.74) is 7.21. The van der Waals surface area contributed by atoms with E-state index in [1.807, 2.05) is 12.1 Å². The van der Waals surface area contributed by atoms with Crippen LogP contribution in [0.1, 0.15) is 12.5 Å². The Kier molecular flexibility index (Phi) is 5.47. The first kappa shape index (κ1) is 15.1. The first-order chi connectivity index (χ1) is 8.65. The third-order valence-corrected chi connectivity index (χ3v) is 2.41. The number of nitrogens with zero attached hydrogens (tertiary/aromatic N) is 3. The monoisotopic (exact) mass is 281 g/mol. The molecule has 2 rings (SSSR count). The first-order valence-electron chi connectivity index (χ1n) is 5.63. The summed E-state index contributed by atoms with van der Waals surface area (Å²) in [5, 5.41) is 6.85. The zero-order valence-electron chi connectivity index (χ0n) is 10.5. The van der Waals surface area contributed by atoms with Crippen LogP contribution < -0.4 is 11.1 Å². The highest BCUT2D eigenvalue weighted by Gasteiger charge is 2.08. The van der Waals surface area contributed by atoms with Crippen molar-refractivity contribution in [2.75, 3.05) is 5.32 Å². The summed E-state index contributed by atoms with van der Waals surface area (Å²) in [7, 11) is 0. The summed E-state index contributed by atoms with van der Waals surface area (Å²) in [5.74, 6) is -0.224. The third-order valence-electron chi connectivity index (χ3n) is 2.41. The summed E-state index contributed by atoms with van der Waals surface area (Å²) < 4.78 is 1.74. The van der Waals surface area contributed by atoms with Crippen molar-refractivity contribution in [3.8, 4) is 0 Å². The van der Waals surface area contributed by atoms with Gasteiger partial charge in [0.25, 0.3) is 0 Å². The normalized spacial score (nSPS) is 11.5. The molecule has 0 aliphatic rings. The summed E-state index contributed by atoms with van der Waals surface area (Å²) >= 11 is 0. The Morgan fingerprint density at radius 2 is 2.16 bits per heavy atom. The molecule has 0 aromatic carbocycles. The van der Waals surface area contributed by atoms with Crippen LogP contribution in [-0.4, -0.2) is 26.7 Å². The van der Waals surface area contributed by atoms with Gasteiger partial charge in [-0.25, -0.2) is 0 Å². The molecule has 2 aromatic heterocycles. The molecule has 2 heterocycles. The van der Waals surface area contributed by atoms with Gasteiger partial charge in [-0.15, -0.1) is 12.4 Å². The first-order valence-corrected chi connectivity index (χ1v) is 5.63. The predicted molar refractivity (Wildman–Crippen MR) is 75.1 cm³/mol. The van der Waals surface area contributed by atoms with Gasteiger partial charge in [0.15, 0.2) is 0 Å². The maximum Gasteiger partial charge on any atom is 0.241 e. The van der Waals surface area contributed by atoms with Crippen LogP contribution in [0, 0.1) is 0 Å². The van der Waals surface area contributed by atoms with Crippen LogP contribution in [0.25, 0.3) is 0 Å². The Morgan fingerprint density at radius 3 is 2.79 bits per heavy atom. The molecule has 0 aliphatic heterocycles. The van der Waals surface area contributed by atoms with Gasteiger partial charge in [-0.05, 0) is 24.6 Å². The average Bonchev–Trinajstić information content (AvgIpc) is 2.77. The van der Waals surface area contributed by atoms with Crippen molar-refractivity contribution in [3.05, 3.63) is 42.5 Å². The molecule has 0 saturated heterocycles. The van der Waals surface area contributed by atoms with Crippen molar-refractivity contribution in [3.63, 3.8) is 0 Å². The second-order valence-corrected chi connectivity index (χ2v) is 4.06. The molecule has 0 fully saturated rings. The minimum atomic E-state index is -0.534. The van der Waals surface area contributed by atoms with Crippen molar-refractivity contribution in [1.29, 1.82) is 0 Å². The van der Waals surface area contributed by atoms with Crippen LogP contribution in [0.4, 0.5) is 5.69 Å². The minimum absolute atomic E-state index is 0. The van der Waals surface area contributed by atoms with E-state index in [1.165, 1.54) is 0 Å². The molecule has 1 amide bonds. The number of nitrogens with two attached hydrogens (primary N) is 1. The highest BCUT2D eigenvalue weighted by Crippen LogP contribution is 2.07. The number of carbonyl (C=O) groups is 1. The zero-order valence-corrected chi connectivity index (χ0v) is 11.3. The van der Waals surface area contributed by atoms with E-state index in [4.69, 9.17) is 5.73 Å². The summed E-state index contributed by atoms with van der Waals surface area (Å²) in [4.78, 5) is 15.3. The van der Waals surface area contributed by atoms with Gasteiger partial charge in [0.2, 0.25) is 5.91 Å². The maximum atomic E-state index is 11.4. The summed E-state index contributed by atoms with van der Waals surface area (Å²) in [6.45, 7) is 2.27. The standard InChI is InChI=1S/C12H15N5O.ClH/c1-9(13)12(18)16-11-6-15-17(8-11)7-10-2-4-14-5-3-10;/h2-6,8-9H,7,13H2,1H3,(H,16,18);1H. The molecule has 2 aromatic rings. The molecule has 7 heteroatoms. The fourth-order valence-corrected chi connectivity index (χ4v) is 1.45. The van der Waals surface area contributed by atoms with Gasteiger partial charge < -0.3 is 11.1 Å². The maximum absolute atomic E-state index is 11.4. The fraction of sp³-hybridized carbons (Fsp3) is 0.250. The number of aromatic nitrogens is 3. The topological polar surface area (TPSA) is 85.8 Å². The van der Waals surface area contributed by atoms with E-state index in [0.29, 0.717) is 12.2 Å².